The molecule has 0 radical (unpaired) electrons. The zero-order valence-corrected chi connectivity index (χ0v) is 9.16. The van der Waals surface area contributed by atoms with Gasteiger partial charge in [-0.1, -0.05) is 0 Å². The van der Waals surface area contributed by atoms with E-state index in [1.54, 1.807) is 0 Å². The summed E-state index contributed by atoms with van der Waals surface area (Å²) in [7, 11) is 0. The van der Waals surface area contributed by atoms with Crippen LogP contribution in [0.4, 0.5) is 0 Å². The Labute approximate surface area is 85.2 Å². The van der Waals surface area contributed by atoms with Gasteiger partial charge in [-0.15, -0.1) is 0 Å². The van der Waals surface area contributed by atoms with Crippen LogP contribution in [0.3, 0.4) is 0 Å². The predicted molar refractivity (Wildman–Crippen MR) is 52.0 cm³/mol. The van der Waals surface area contributed by atoms with Crippen molar-refractivity contribution >= 4 is 0 Å². The third-order valence-corrected chi connectivity index (χ3v) is 2.23. The Morgan fingerprint density at radius 3 is 2.64 bits per heavy atom. The lowest BCUT2D eigenvalue weighted by molar-refractivity contribution is -0.145. The van der Waals surface area contributed by atoms with E-state index in [1.165, 1.54) is 0 Å². The van der Waals surface area contributed by atoms with Gasteiger partial charge in [-0.25, -0.2) is 0 Å². The Bertz CT molecular complexity index is 168. The summed E-state index contributed by atoms with van der Waals surface area (Å²) in [6.45, 7) is 7.40. The van der Waals surface area contributed by atoms with Crippen molar-refractivity contribution in [2.24, 2.45) is 0 Å². The van der Waals surface area contributed by atoms with Gasteiger partial charge in [-0.3, -0.25) is 0 Å². The second-order valence-corrected chi connectivity index (χ2v) is 3.95. The molecule has 3 atom stereocenters. The molecule has 0 spiro atoms. The fraction of sp³-hybridized carbons (Fsp3) is 1.00. The lowest BCUT2D eigenvalue weighted by Gasteiger charge is -2.17. The van der Waals surface area contributed by atoms with Crippen LogP contribution in [0.5, 0.6) is 0 Å². The summed E-state index contributed by atoms with van der Waals surface area (Å²) in [6, 6.07) is 0. The number of epoxide rings is 1. The van der Waals surface area contributed by atoms with Gasteiger partial charge in [0.2, 0.25) is 0 Å². The van der Waals surface area contributed by atoms with Crippen molar-refractivity contribution in [1.29, 1.82) is 0 Å². The Morgan fingerprint density at radius 1 is 1.50 bits per heavy atom. The van der Waals surface area contributed by atoms with Gasteiger partial charge in [-0.05, 0) is 20.8 Å². The van der Waals surface area contributed by atoms with Crippen molar-refractivity contribution in [2.75, 3.05) is 19.8 Å². The monoisotopic (exact) mass is 204 g/mol. The number of hydrogen-bond donors (Lipinski definition) is 1. The number of ether oxygens (including phenoxy) is 3. The molecule has 14 heavy (non-hydrogen) atoms. The standard InChI is InChI=1S/C10H20O4/c1-4-12-8(2)13-6-9(11)5-10(3)7-14-10/h8-9,11H,4-7H2,1-3H3/t8?,9-,10+/m1/s1. The number of aliphatic hydroxyl groups is 1. The van der Waals surface area contributed by atoms with E-state index in [2.05, 4.69) is 0 Å². The maximum Gasteiger partial charge on any atom is 0.154 e. The molecule has 84 valence electrons. The van der Waals surface area contributed by atoms with Crippen molar-refractivity contribution < 1.29 is 19.3 Å². The van der Waals surface area contributed by atoms with Gasteiger partial charge in [0, 0.05) is 13.0 Å². The maximum absolute atomic E-state index is 9.58. The fourth-order valence-electron chi connectivity index (χ4n) is 1.33. The number of aliphatic hydroxyl groups excluding tert-OH is 1. The van der Waals surface area contributed by atoms with E-state index >= 15 is 0 Å². The van der Waals surface area contributed by atoms with Crippen LogP contribution in [0.1, 0.15) is 27.2 Å². The lowest BCUT2D eigenvalue weighted by Crippen LogP contribution is -2.26. The minimum absolute atomic E-state index is 0.113. The zero-order chi connectivity index (χ0) is 10.6. The van der Waals surface area contributed by atoms with Gasteiger partial charge >= 0.3 is 0 Å². The molecule has 4 nitrogen and oxygen atoms in total. The van der Waals surface area contributed by atoms with Crippen molar-refractivity contribution in [2.45, 2.75) is 45.2 Å². The van der Waals surface area contributed by atoms with Gasteiger partial charge in [0.1, 0.15) is 0 Å². The Balaban J connectivity index is 2.05. The number of rotatable bonds is 7. The average Bonchev–Trinajstić information content (AvgIpc) is 2.80. The van der Waals surface area contributed by atoms with Gasteiger partial charge in [0.25, 0.3) is 0 Å². The average molecular weight is 204 g/mol. The minimum atomic E-state index is -0.467. The van der Waals surface area contributed by atoms with E-state index in [-0.39, 0.29) is 11.9 Å². The summed E-state index contributed by atoms with van der Waals surface area (Å²) < 4.78 is 15.6. The quantitative estimate of drug-likeness (QED) is 0.495. The number of hydrogen-bond acceptors (Lipinski definition) is 4. The molecule has 1 fully saturated rings. The normalized spacial score (nSPS) is 30.0. The SMILES string of the molecule is CCOC(C)OC[C@H](O)C[C@@]1(C)CO1. The van der Waals surface area contributed by atoms with E-state index in [1.807, 2.05) is 20.8 Å². The van der Waals surface area contributed by atoms with Crippen LogP contribution in [0.15, 0.2) is 0 Å². The molecule has 0 bridgehead atoms. The molecule has 0 saturated carbocycles. The minimum Gasteiger partial charge on any atom is -0.391 e. The topological polar surface area (TPSA) is 51.2 Å². The molecule has 0 aromatic carbocycles. The third-order valence-electron chi connectivity index (χ3n) is 2.23. The van der Waals surface area contributed by atoms with Crippen molar-refractivity contribution in [3.05, 3.63) is 0 Å². The molecule has 0 aromatic rings. The van der Waals surface area contributed by atoms with Crippen LogP contribution in [-0.2, 0) is 14.2 Å². The first kappa shape index (κ1) is 11.9. The van der Waals surface area contributed by atoms with Crippen LogP contribution >= 0.6 is 0 Å². The molecular formula is C10H20O4. The molecule has 1 N–H and O–H groups in total. The Hall–Kier alpha value is -0.160. The summed E-state index contributed by atoms with van der Waals surface area (Å²) in [6.07, 6.45) is -0.0840. The van der Waals surface area contributed by atoms with Crippen LogP contribution in [0, 0.1) is 0 Å². The third kappa shape index (κ3) is 4.37. The van der Waals surface area contributed by atoms with Crippen LogP contribution < -0.4 is 0 Å². The smallest absolute Gasteiger partial charge is 0.154 e. The van der Waals surface area contributed by atoms with Gasteiger partial charge in [-0.2, -0.15) is 0 Å². The zero-order valence-electron chi connectivity index (χ0n) is 9.16. The van der Waals surface area contributed by atoms with Crippen LogP contribution in [0.25, 0.3) is 0 Å². The molecule has 1 aliphatic heterocycles. The van der Waals surface area contributed by atoms with Crippen molar-refractivity contribution in [1.82, 2.24) is 0 Å². The predicted octanol–water partition coefficient (Wildman–Crippen LogP) is 0.925. The van der Waals surface area contributed by atoms with Crippen LogP contribution in [0.2, 0.25) is 0 Å². The molecule has 4 heteroatoms. The highest BCUT2D eigenvalue weighted by Gasteiger charge is 2.40. The first-order valence-electron chi connectivity index (χ1n) is 5.11. The first-order valence-corrected chi connectivity index (χ1v) is 5.11. The molecule has 0 amide bonds. The van der Waals surface area contributed by atoms with E-state index in [9.17, 15) is 5.11 Å². The molecular weight excluding hydrogens is 184 g/mol. The largest absolute Gasteiger partial charge is 0.391 e. The first-order chi connectivity index (χ1) is 6.56. The lowest BCUT2D eigenvalue weighted by atomic mass is 10.1. The summed E-state index contributed by atoms with van der Waals surface area (Å²) in [5.74, 6) is 0. The molecule has 0 aromatic heterocycles. The highest BCUT2D eigenvalue weighted by atomic mass is 16.7. The molecule has 0 aliphatic carbocycles. The van der Waals surface area contributed by atoms with Crippen molar-refractivity contribution in [3.63, 3.8) is 0 Å². The van der Waals surface area contributed by atoms with Crippen molar-refractivity contribution in [3.8, 4) is 0 Å². The van der Waals surface area contributed by atoms with Gasteiger partial charge in [0.15, 0.2) is 6.29 Å². The second-order valence-electron chi connectivity index (χ2n) is 3.95. The molecule has 1 unspecified atom stereocenters. The molecule has 1 aliphatic rings. The maximum atomic E-state index is 9.58. The van der Waals surface area contributed by atoms with E-state index in [0.717, 1.165) is 6.61 Å². The molecule has 1 saturated heterocycles. The highest BCUT2D eigenvalue weighted by molar-refractivity contribution is 4.89. The summed E-state index contributed by atoms with van der Waals surface area (Å²) in [4.78, 5) is 0. The molecule has 1 rings (SSSR count). The Morgan fingerprint density at radius 2 is 2.14 bits per heavy atom. The van der Waals surface area contributed by atoms with Gasteiger partial charge in [0.05, 0.1) is 24.9 Å². The van der Waals surface area contributed by atoms with E-state index in [4.69, 9.17) is 14.2 Å². The fourth-order valence-corrected chi connectivity index (χ4v) is 1.33. The summed E-state index contributed by atoms with van der Waals surface area (Å²) >= 11 is 0. The highest BCUT2D eigenvalue weighted by Crippen LogP contribution is 2.31. The van der Waals surface area contributed by atoms with Gasteiger partial charge < -0.3 is 19.3 Å². The van der Waals surface area contributed by atoms with E-state index in [0.29, 0.717) is 19.6 Å². The molecule has 1 heterocycles. The van der Waals surface area contributed by atoms with Crippen LogP contribution in [-0.4, -0.2) is 42.9 Å². The summed E-state index contributed by atoms with van der Waals surface area (Å²) in [5.41, 5.74) is -0.113. The Kier molecular flexibility index (Phi) is 4.31. The van der Waals surface area contributed by atoms with E-state index < -0.39 is 6.10 Å². The second kappa shape index (κ2) is 5.07. The summed E-state index contributed by atoms with van der Waals surface area (Å²) in [5, 5.41) is 9.58.